The molecule has 0 saturated heterocycles. The van der Waals surface area contributed by atoms with Crippen LogP contribution in [0, 0.1) is 0 Å². The van der Waals surface area contributed by atoms with Gasteiger partial charge in [0.05, 0.1) is 12.8 Å². The molecule has 0 aliphatic heterocycles. The molecule has 0 aliphatic rings. The first kappa shape index (κ1) is 13.4. The number of benzene rings is 1. The summed E-state index contributed by atoms with van der Waals surface area (Å²) in [5, 5.41) is 11.9. The van der Waals surface area contributed by atoms with Crippen LogP contribution in [0.25, 0.3) is 17.6 Å². The third-order valence-corrected chi connectivity index (χ3v) is 2.63. The number of nitrogens with zero attached hydrogens (tertiary/aromatic N) is 4. The van der Waals surface area contributed by atoms with Crippen LogP contribution < -0.4 is 0 Å². The molecule has 7 heteroatoms. The molecule has 2 rings (SSSR count). The van der Waals surface area contributed by atoms with Gasteiger partial charge in [-0.25, -0.2) is 4.79 Å². The van der Waals surface area contributed by atoms with Crippen molar-refractivity contribution < 1.29 is 9.53 Å². The molecule has 0 atom stereocenters. The highest BCUT2D eigenvalue weighted by Crippen LogP contribution is 2.18. The van der Waals surface area contributed by atoms with Crippen molar-refractivity contribution in [3.05, 3.63) is 34.8 Å². The molecule has 1 aromatic heterocycles. The van der Waals surface area contributed by atoms with Gasteiger partial charge in [-0.05, 0) is 24.3 Å². The Morgan fingerprint density at radius 1 is 1.53 bits per heavy atom. The number of hydrogen-bond donors (Lipinski definition) is 0. The van der Waals surface area contributed by atoms with Gasteiger partial charge in [0, 0.05) is 16.1 Å². The molecule has 6 nitrogen and oxygen atoms in total. The molecular formula is C12H11BrN4O2. The number of carbonyl (C=O) groups is 1. The lowest BCUT2D eigenvalue weighted by Crippen LogP contribution is -2.01. The summed E-state index contributed by atoms with van der Waals surface area (Å²) in [7, 11) is 0. The predicted molar refractivity (Wildman–Crippen MR) is 72.9 cm³/mol. The predicted octanol–water partition coefficient (Wildman–Crippen LogP) is 2.14. The number of halogens is 1. The first-order chi connectivity index (χ1) is 9.19. The van der Waals surface area contributed by atoms with Gasteiger partial charge in [0.25, 0.3) is 0 Å². The number of carbonyl (C=O) groups excluding carboxylic acids is 1. The van der Waals surface area contributed by atoms with E-state index in [1.165, 1.54) is 17.1 Å². The number of tetrazole rings is 1. The smallest absolute Gasteiger partial charge is 0.332 e. The van der Waals surface area contributed by atoms with E-state index in [9.17, 15) is 4.79 Å². The maximum atomic E-state index is 11.1. The van der Waals surface area contributed by atoms with Crippen LogP contribution in [-0.2, 0) is 9.53 Å². The van der Waals surface area contributed by atoms with Crippen LogP contribution in [-0.4, -0.2) is 32.8 Å². The van der Waals surface area contributed by atoms with E-state index in [1.807, 2.05) is 24.3 Å². The molecule has 0 aliphatic carbocycles. The van der Waals surface area contributed by atoms with Crippen LogP contribution in [0.5, 0.6) is 0 Å². The highest BCUT2D eigenvalue weighted by molar-refractivity contribution is 9.10. The average molecular weight is 323 g/mol. The van der Waals surface area contributed by atoms with E-state index in [0.717, 1.165) is 10.0 Å². The van der Waals surface area contributed by atoms with Gasteiger partial charge >= 0.3 is 5.97 Å². The molecule has 0 amide bonds. The average Bonchev–Trinajstić information content (AvgIpc) is 2.85. The van der Waals surface area contributed by atoms with Crippen molar-refractivity contribution in [2.75, 3.05) is 6.61 Å². The fourth-order valence-corrected chi connectivity index (χ4v) is 1.75. The van der Waals surface area contributed by atoms with E-state index in [0.29, 0.717) is 12.4 Å². The number of hydrogen-bond acceptors (Lipinski definition) is 5. The number of esters is 1. The molecule has 0 radical (unpaired) electrons. The minimum Gasteiger partial charge on any atom is -0.463 e. The van der Waals surface area contributed by atoms with Crippen molar-refractivity contribution in [2.45, 2.75) is 6.92 Å². The third-order valence-electron chi connectivity index (χ3n) is 2.14. The van der Waals surface area contributed by atoms with E-state index in [2.05, 4.69) is 31.3 Å². The summed E-state index contributed by atoms with van der Waals surface area (Å²) in [6.45, 7) is 2.07. The maximum Gasteiger partial charge on any atom is 0.332 e. The minimum atomic E-state index is -0.441. The largest absolute Gasteiger partial charge is 0.463 e. The van der Waals surface area contributed by atoms with E-state index >= 15 is 0 Å². The quantitative estimate of drug-likeness (QED) is 0.637. The summed E-state index contributed by atoms with van der Waals surface area (Å²) in [5.74, 6) is 0.0404. The minimum absolute atomic E-state index is 0.331. The molecule has 0 N–H and O–H groups in total. The van der Waals surface area contributed by atoms with Crippen molar-refractivity contribution in [2.24, 2.45) is 0 Å². The second-order valence-corrected chi connectivity index (χ2v) is 4.43. The lowest BCUT2D eigenvalue weighted by Gasteiger charge is -1.94. The Morgan fingerprint density at radius 2 is 2.37 bits per heavy atom. The molecule has 19 heavy (non-hydrogen) atoms. The summed E-state index contributed by atoms with van der Waals surface area (Å²) < 4.78 is 5.68. The fraction of sp³-hybridized carbons (Fsp3) is 0.167. The van der Waals surface area contributed by atoms with Crippen LogP contribution >= 0.6 is 15.9 Å². The Balaban J connectivity index is 2.13. The standard InChI is InChI=1S/C12H11BrN4O2/c1-2-19-11(18)6-7-17-15-12(14-16-17)9-4-3-5-10(13)8-9/h3-8H,2H2,1H3/b7-6-. The van der Waals surface area contributed by atoms with Crippen LogP contribution in [0.4, 0.5) is 0 Å². The zero-order valence-electron chi connectivity index (χ0n) is 10.2. The van der Waals surface area contributed by atoms with Crippen molar-refractivity contribution in [3.63, 3.8) is 0 Å². The van der Waals surface area contributed by atoms with Gasteiger partial charge in [-0.2, -0.15) is 0 Å². The van der Waals surface area contributed by atoms with Crippen molar-refractivity contribution in [1.29, 1.82) is 0 Å². The van der Waals surface area contributed by atoms with Gasteiger partial charge in [-0.3, -0.25) is 0 Å². The summed E-state index contributed by atoms with van der Waals surface area (Å²) in [5.41, 5.74) is 0.838. The molecule has 0 fully saturated rings. The molecule has 98 valence electrons. The molecule has 0 bridgehead atoms. The number of rotatable bonds is 4. The van der Waals surface area contributed by atoms with Gasteiger partial charge in [0.15, 0.2) is 0 Å². The number of ether oxygens (including phenoxy) is 1. The molecule has 2 aromatic rings. The Labute approximate surface area is 118 Å². The first-order valence-electron chi connectivity index (χ1n) is 5.59. The van der Waals surface area contributed by atoms with Crippen molar-refractivity contribution in [3.8, 4) is 11.4 Å². The molecule has 0 unspecified atom stereocenters. The molecule has 1 heterocycles. The number of aromatic nitrogens is 4. The highest BCUT2D eigenvalue weighted by atomic mass is 79.9. The van der Waals surface area contributed by atoms with Gasteiger partial charge in [0.2, 0.25) is 5.82 Å². The zero-order chi connectivity index (χ0) is 13.7. The summed E-state index contributed by atoms with van der Waals surface area (Å²) in [4.78, 5) is 12.3. The Hall–Kier alpha value is -2.02. The molecule has 0 saturated carbocycles. The van der Waals surface area contributed by atoms with E-state index < -0.39 is 5.97 Å². The van der Waals surface area contributed by atoms with Crippen molar-refractivity contribution in [1.82, 2.24) is 20.2 Å². The monoisotopic (exact) mass is 322 g/mol. The summed E-state index contributed by atoms with van der Waals surface area (Å²) in [6, 6.07) is 7.56. The molecular weight excluding hydrogens is 312 g/mol. The van der Waals surface area contributed by atoms with E-state index in [-0.39, 0.29) is 0 Å². The van der Waals surface area contributed by atoms with Crippen LogP contribution in [0.1, 0.15) is 6.92 Å². The van der Waals surface area contributed by atoms with Gasteiger partial charge in [0.1, 0.15) is 0 Å². The Bertz CT molecular complexity index is 609. The van der Waals surface area contributed by atoms with Crippen LogP contribution in [0.15, 0.2) is 34.8 Å². The van der Waals surface area contributed by atoms with Crippen molar-refractivity contribution >= 4 is 28.1 Å². The van der Waals surface area contributed by atoms with E-state index in [1.54, 1.807) is 6.92 Å². The van der Waals surface area contributed by atoms with Crippen LogP contribution in [0.3, 0.4) is 0 Å². The lowest BCUT2D eigenvalue weighted by atomic mass is 10.2. The third kappa shape index (κ3) is 3.72. The highest BCUT2D eigenvalue weighted by Gasteiger charge is 2.05. The topological polar surface area (TPSA) is 69.9 Å². The first-order valence-corrected chi connectivity index (χ1v) is 6.38. The molecule has 1 aromatic carbocycles. The van der Waals surface area contributed by atoms with Gasteiger partial charge < -0.3 is 4.74 Å². The van der Waals surface area contributed by atoms with Crippen LogP contribution in [0.2, 0.25) is 0 Å². The van der Waals surface area contributed by atoms with E-state index in [4.69, 9.17) is 4.74 Å². The molecule has 0 spiro atoms. The Morgan fingerprint density at radius 3 is 3.11 bits per heavy atom. The zero-order valence-corrected chi connectivity index (χ0v) is 11.7. The van der Waals surface area contributed by atoms with Gasteiger partial charge in [-0.15, -0.1) is 15.0 Å². The second kappa shape index (κ2) is 6.24. The Kier molecular flexibility index (Phi) is 4.40. The maximum absolute atomic E-state index is 11.1. The SMILES string of the molecule is CCOC(=O)/C=C\n1nnc(-c2cccc(Br)c2)n1. The second-order valence-electron chi connectivity index (χ2n) is 3.51. The summed E-state index contributed by atoms with van der Waals surface area (Å²) >= 11 is 3.38. The summed E-state index contributed by atoms with van der Waals surface area (Å²) in [6.07, 6.45) is 2.64. The normalized spacial score (nSPS) is 10.8. The van der Waals surface area contributed by atoms with Gasteiger partial charge in [-0.1, -0.05) is 28.1 Å². The fourth-order valence-electron chi connectivity index (χ4n) is 1.35. The lowest BCUT2D eigenvalue weighted by molar-refractivity contribution is -0.137.